The SMILES string of the molecule is CC(C)(Oc1ccc(F)cc1)C(=O)N1CCC(N(OC(F)(F)F)S(=O)(=O)c2ccccc2)CC1. The van der Waals surface area contributed by atoms with Crippen molar-refractivity contribution in [2.75, 3.05) is 13.1 Å². The lowest BCUT2D eigenvalue weighted by Crippen LogP contribution is -2.55. The first-order valence-electron chi connectivity index (χ1n) is 10.4. The van der Waals surface area contributed by atoms with Gasteiger partial charge in [-0.05, 0) is 63.1 Å². The number of nitrogens with zero attached hydrogens (tertiary/aromatic N) is 2. The Morgan fingerprint density at radius 3 is 2.09 bits per heavy atom. The molecule has 1 heterocycles. The van der Waals surface area contributed by atoms with Gasteiger partial charge in [0.1, 0.15) is 11.6 Å². The van der Waals surface area contributed by atoms with Crippen LogP contribution in [0.25, 0.3) is 0 Å². The highest BCUT2D eigenvalue weighted by molar-refractivity contribution is 7.89. The number of carbonyl (C=O) groups is 1. The molecule has 0 aromatic heterocycles. The summed E-state index contributed by atoms with van der Waals surface area (Å²) in [4.78, 5) is 18.0. The number of likely N-dealkylation sites (tertiary alicyclic amines) is 1. The number of piperidine rings is 1. The summed E-state index contributed by atoms with van der Waals surface area (Å²) in [5, 5.41) is 0. The molecule has 0 N–H and O–H groups in total. The van der Waals surface area contributed by atoms with Gasteiger partial charge in [-0.1, -0.05) is 22.7 Å². The number of benzene rings is 2. The highest BCUT2D eigenvalue weighted by atomic mass is 32.2. The Hall–Kier alpha value is -2.70. The number of alkyl halides is 3. The van der Waals surface area contributed by atoms with Crippen molar-refractivity contribution in [1.82, 2.24) is 9.37 Å². The van der Waals surface area contributed by atoms with Crippen LogP contribution in [-0.2, 0) is 19.7 Å². The predicted octanol–water partition coefficient (Wildman–Crippen LogP) is 4.12. The predicted molar refractivity (Wildman–Crippen MR) is 113 cm³/mol. The molecule has 7 nitrogen and oxygen atoms in total. The lowest BCUT2D eigenvalue weighted by atomic mass is 10.0. The molecule has 0 radical (unpaired) electrons. The van der Waals surface area contributed by atoms with Crippen LogP contribution < -0.4 is 4.74 Å². The van der Waals surface area contributed by atoms with Crippen molar-refractivity contribution in [2.45, 2.75) is 49.6 Å². The number of hydrogen-bond donors (Lipinski definition) is 0. The fraction of sp³-hybridized carbons (Fsp3) is 0.409. The van der Waals surface area contributed by atoms with Crippen LogP contribution in [0.15, 0.2) is 59.5 Å². The van der Waals surface area contributed by atoms with E-state index in [4.69, 9.17) is 4.74 Å². The zero-order chi connectivity index (χ0) is 25.1. The van der Waals surface area contributed by atoms with Crippen LogP contribution in [0.3, 0.4) is 0 Å². The molecule has 186 valence electrons. The Balaban J connectivity index is 1.72. The zero-order valence-corrected chi connectivity index (χ0v) is 19.3. The summed E-state index contributed by atoms with van der Waals surface area (Å²) in [5.41, 5.74) is -1.34. The molecule has 0 aliphatic carbocycles. The van der Waals surface area contributed by atoms with E-state index in [0.29, 0.717) is 0 Å². The standard InChI is InChI=1S/C22H24F4N2O5S/c1-21(2,32-18-10-8-16(23)9-11-18)20(29)27-14-12-17(13-15-27)28(33-22(24,25)26)34(30,31)19-6-4-3-5-7-19/h3-11,17H,12-15H2,1-2H3. The van der Waals surface area contributed by atoms with Gasteiger partial charge in [0.05, 0.1) is 10.9 Å². The van der Waals surface area contributed by atoms with Crippen molar-refractivity contribution >= 4 is 15.9 Å². The summed E-state index contributed by atoms with van der Waals surface area (Å²) in [6.45, 7) is 3.01. The maximum atomic E-state index is 13.1. The third-order valence-corrected chi connectivity index (χ3v) is 6.94. The number of rotatable bonds is 7. The first-order valence-corrected chi connectivity index (χ1v) is 11.8. The smallest absolute Gasteiger partial charge is 0.478 e. The number of hydrogen-bond acceptors (Lipinski definition) is 5. The van der Waals surface area contributed by atoms with E-state index < -0.39 is 39.8 Å². The lowest BCUT2D eigenvalue weighted by Gasteiger charge is -2.39. The average molecular weight is 505 g/mol. The van der Waals surface area contributed by atoms with Gasteiger partial charge in [0.2, 0.25) is 0 Å². The fourth-order valence-corrected chi connectivity index (χ4v) is 5.11. The average Bonchev–Trinajstić information content (AvgIpc) is 2.78. The van der Waals surface area contributed by atoms with Crippen LogP contribution in [0.2, 0.25) is 0 Å². The number of carbonyl (C=O) groups excluding carboxylic acids is 1. The van der Waals surface area contributed by atoms with Gasteiger partial charge < -0.3 is 9.64 Å². The van der Waals surface area contributed by atoms with Crippen molar-refractivity contribution in [3.05, 3.63) is 60.4 Å². The molecule has 1 aliphatic rings. The second-order valence-electron chi connectivity index (χ2n) is 8.20. The molecule has 1 fully saturated rings. The van der Waals surface area contributed by atoms with Crippen molar-refractivity contribution in [3.63, 3.8) is 0 Å². The van der Waals surface area contributed by atoms with E-state index in [1.807, 2.05) is 0 Å². The van der Waals surface area contributed by atoms with Gasteiger partial charge in [-0.3, -0.25) is 4.79 Å². The van der Waals surface area contributed by atoms with Crippen molar-refractivity contribution < 1.29 is 40.3 Å². The Morgan fingerprint density at radius 2 is 1.56 bits per heavy atom. The second-order valence-corrected chi connectivity index (χ2v) is 9.98. The number of amides is 1. The molecule has 1 aliphatic heterocycles. The Kier molecular flexibility index (Phi) is 7.53. The quantitative estimate of drug-likeness (QED) is 0.419. The van der Waals surface area contributed by atoms with Crippen molar-refractivity contribution in [2.24, 2.45) is 0 Å². The molecule has 34 heavy (non-hydrogen) atoms. The number of halogens is 4. The second kappa shape index (κ2) is 9.88. The minimum absolute atomic E-state index is 0.00962. The van der Waals surface area contributed by atoms with Gasteiger partial charge in [-0.25, -0.2) is 12.8 Å². The van der Waals surface area contributed by atoms with Gasteiger partial charge >= 0.3 is 6.36 Å². The molecule has 0 unspecified atom stereocenters. The first kappa shape index (κ1) is 25.9. The van der Waals surface area contributed by atoms with E-state index in [1.54, 1.807) is 0 Å². The van der Waals surface area contributed by atoms with Crippen LogP contribution in [0, 0.1) is 5.82 Å². The molecule has 0 saturated carbocycles. The summed E-state index contributed by atoms with van der Waals surface area (Å²) in [5.74, 6) is -0.632. The van der Waals surface area contributed by atoms with E-state index in [1.165, 1.54) is 73.3 Å². The minimum atomic E-state index is -5.22. The Labute approximate surface area is 194 Å². The van der Waals surface area contributed by atoms with E-state index >= 15 is 0 Å². The number of hydroxylamine groups is 1. The van der Waals surface area contributed by atoms with Crippen molar-refractivity contribution in [1.29, 1.82) is 0 Å². The van der Waals surface area contributed by atoms with Crippen molar-refractivity contribution in [3.8, 4) is 5.75 Å². The van der Waals surface area contributed by atoms with Crippen LogP contribution in [-0.4, -0.2) is 54.8 Å². The maximum Gasteiger partial charge on any atom is 0.540 e. The minimum Gasteiger partial charge on any atom is -0.478 e. The van der Waals surface area contributed by atoms with Crippen LogP contribution in [0.4, 0.5) is 17.6 Å². The van der Waals surface area contributed by atoms with Gasteiger partial charge in [0.15, 0.2) is 5.60 Å². The molecular formula is C22H24F4N2O5S. The van der Waals surface area contributed by atoms with Crippen LogP contribution in [0.1, 0.15) is 26.7 Å². The highest BCUT2D eigenvalue weighted by Gasteiger charge is 2.45. The molecule has 1 saturated heterocycles. The van der Waals surface area contributed by atoms with Gasteiger partial charge in [-0.2, -0.15) is 4.84 Å². The third kappa shape index (κ3) is 6.24. The summed E-state index contributed by atoms with van der Waals surface area (Å²) >= 11 is 0. The first-order chi connectivity index (χ1) is 15.8. The number of sulfonamides is 1. The summed E-state index contributed by atoms with van der Waals surface area (Å²) < 4.78 is 83.8. The fourth-order valence-electron chi connectivity index (χ4n) is 3.62. The maximum absolute atomic E-state index is 13.1. The molecule has 0 bridgehead atoms. The molecule has 12 heteroatoms. The van der Waals surface area contributed by atoms with Gasteiger partial charge in [0.25, 0.3) is 15.9 Å². The third-order valence-electron chi connectivity index (χ3n) is 5.22. The largest absolute Gasteiger partial charge is 0.540 e. The van der Waals surface area contributed by atoms with E-state index in [2.05, 4.69) is 4.84 Å². The molecule has 0 spiro atoms. The monoisotopic (exact) mass is 504 g/mol. The summed E-state index contributed by atoms with van der Waals surface area (Å²) in [6.07, 6.45) is -5.39. The normalized spacial score (nSPS) is 16.0. The lowest BCUT2D eigenvalue weighted by molar-refractivity contribution is -0.397. The van der Waals surface area contributed by atoms with E-state index in [0.717, 1.165) is 0 Å². The van der Waals surface area contributed by atoms with Crippen LogP contribution in [0.5, 0.6) is 5.75 Å². The Bertz CT molecular complexity index is 1080. The molecular weight excluding hydrogens is 480 g/mol. The molecule has 2 aromatic carbocycles. The van der Waals surface area contributed by atoms with E-state index in [-0.39, 0.29) is 41.0 Å². The molecule has 3 rings (SSSR count). The number of ether oxygens (including phenoxy) is 1. The zero-order valence-electron chi connectivity index (χ0n) is 18.5. The highest BCUT2D eigenvalue weighted by Crippen LogP contribution is 2.31. The van der Waals surface area contributed by atoms with Gasteiger partial charge in [-0.15, -0.1) is 13.2 Å². The molecule has 2 aromatic rings. The van der Waals surface area contributed by atoms with E-state index in [9.17, 15) is 30.8 Å². The summed E-state index contributed by atoms with van der Waals surface area (Å²) in [7, 11) is -4.61. The van der Waals surface area contributed by atoms with Gasteiger partial charge in [0, 0.05) is 13.1 Å². The topological polar surface area (TPSA) is 76.2 Å². The van der Waals surface area contributed by atoms with Crippen LogP contribution >= 0.6 is 0 Å². The molecule has 0 atom stereocenters. The summed E-state index contributed by atoms with van der Waals surface area (Å²) in [6, 6.07) is 10.6. The Morgan fingerprint density at radius 1 is 1.00 bits per heavy atom. The molecule has 1 amide bonds.